The maximum Gasteiger partial charge on any atom is 0.324 e. The van der Waals surface area contributed by atoms with Gasteiger partial charge in [0.05, 0.1) is 6.54 Å². The molecule has 0 atom stereocenters. The molecule has 8 nitrogen and oxygen atoms in total. The summed E-state index contributed by atoms with van der Waals surface area (Å²) >= 11 is 1.42. The van der Waals surface area contributed by atoms with Crippen LogP contribution < -0.4 is 11.1 Å². The monoisotopic (exact) mass is 284 g/mol. The standard InChI is InChI=1S/C10H16N6O2S/c1-6(2)16-8(11)13-14-10(16)19-4-3-15-7(17)5-12-9(15)18/h6H,3-5H2,1-2H3,(H2,11,13)(H,12,18). The Labute approximate surface area is 114 Å². The Morgan fingerprint density at radius 2 is 2.16 bits per heavy atom. The molecule has 104 valence electrons. The van der Waals surface area contributed by atoms with Crippen LogP contribution in [-0.2, 0) is 4.79 Å². The highest BCUT2D eigenvalue weighted by molar-refractivity contribution is 7.99. The lowest BCUT2D eigenvalue weighted by molar-refractivity contribution is -0.124. The first-order valence-electron chi connectivity index (χ1n) is 5.92. The first-order valence-corrected chi connectivity index (χ1v) is 6.90. The Kier molecular flexibility index (Phi) is 3.93. The summed E-state index contributed by atoms with van der Waals surface area (Å²) in [5, 5.41) is 11.0. The second kappa shape index (κ2) is 5.47. The molecular formula is C10H16N6O2S. The van der Waals surface area contributed by atoms with E-state index >= 15 is 0 Å². The number of hydrogen-bond donors (Lipinski definition) is 2. The number of aromatic nitrogens is 3. The average molecular weight is 284 g/mol. The number of anilines is 1. The molecule has 19 heavy (non-hydrogen) atoms. The third kappa shape index (κ3) is 2.80. The molecule has 0 unspecified atom stereocenters. The maximum absolute atomic E-state index is 11.4. The number of nitrogen functional groups attached to an aromatic ring is 1. The molecule has 1 saturated heterocycles. The van der Waals surface area contributed by atoms with Crippen molar-refractivity contribution in [1.82, 2.24) is 25.0 Å². The quantitative estimate of drug-likeness (QED) is 0.586. The number of carbonyl (C=O) groups is 2. The number of hydrogen-bond acceptors (Lipinski definition) is 6. The summed E-state index contributed by atoms with van der Waals surface area (Å²) in [7, 11) is 0. The predicted octanol–water partition coefficient (Wildman–Crippen LogP) is 0.0851. The van der Waals surface area contributed by atoms with E-state index in [1.165, 1.54) is 16.7 Å². The van der Waals surface area contributed by atoms with Gasteiger partial charge in [-0.1, -0.05) is 11.8 Å². The normalized spacial score (nSPS) is 15.4. The number of nitrogens with two attached hydrogens (primary N) is 1. The van der Waals surface area contributed by atoms with Gasteiger partial charge in [0.25, 0.3) is 0 Å². The van der Waals surface area contributed by atoms with E-state index in [-0.39, 0.29) is 24.5 Å². The molecule has 9 heteroatoms. The first kappa shape index (κ1) is 13.7. The van der Waals surface area contributed by atoms with Gasteiger partial charge in [-0.2, -0.15) is 0 Å². The largest absolute Gasteiger partial charge is 0.368 e. The molecule has 1 aromatic heterocycles. The van der Waals surface area contributed by atoms with Crippen LogP contribution in [0.4, 0.5) is 10.7 Å². The second-order valence-electron chi connectivity index (χ2n) is 4.36. The van der Waals surface area contributed by atoms with E-state index in [1.54, 1.807) is 0 Å². The number of thioether (sulfide) groups is 1. The number of urea groups is 1. The fourth-order valence-corrected chi connectivity index (χ4v) is 2.78. The van der Waals surface area contributed by atoms with Gasteiger partial charge >= 0.3 is 6.03 Å². The number of nitrogens with one attached hydrogen (secondary N) is 1. The Bertz CT molecular complexity index is 484. The van der Waals surface area contributed by atoms with Gasteiger partial charge in [-0.3, -0.25) is 14.3 Å². The van der Waals surface area contributed by atoms with Crippen molar-refractivity contribution in [2.24, 2.45) is 0 Å². The van der Waals surface area contributed by atoms with Gasteiger partial charge in [0, 0.05) is 18.3 Å². The number of amides is 3. The van der Waals surface area contributed by atoms with E-state index in [2.05, 4.69) is 15.5 Å². The lowest BCUT2D eigenvalue weighted by atomic mass is 10.4. The van der Waals surface area contributed by atoms with Gasteiger partial charge in [0.1, 0.15) is 0 Å². The summed E-state index contributed by atoms with van der Waals surface area (Å²) in [5.41, 5.74) is 5.73. The van der Waals surface area contributed by atoms with Gasteiger partial charge in [-0.15, -0.1) is 10.2 Å². The molecule has 0 spiro atoms. The highest BCUT2D eigenvalue weighted by Gasteiger charge is 2.27. The van der Waals surface area contributed by atoms with Crippen molar-refractivity contribution in [1.29, 1.82) is 0 Å². The Hall–Kier alpha value is -1.77. The summed E-state index contributed by atoms with van der Waals surface area (Å²) in [6.45, 7) is 4.40. The van der Waals surface area contributed by atoms with Gasteiger partial charge in [0.15, 0.2) is 5.16 Å². The Morgan fingerprint density at radius 1 is 1.42 bits per heavy atom. The van der Waals surface area contributed by atoms with Crippen molar-refractivity contribution in [3.05, 3.63) is 0 Å². The van der Waals surface area contributed by atoms with E-state index in [0.717, 1.165) is 0 Å². The van der Waals surface area contributed by atoms with E-state index < -0.39 is 0 Å². The second-order valence-corrected chi connectivity index (χ2v) is 5.42. The third-order valence-corrected chi connectivity index (χ3v) is 3.61. The van der Waals surface area contributed by atoms with Crippen molar-refractivity contribution in [2.45, 2.75) is 25.0 Å². The number of rotatable bonds is 5. The number of carbonyl (C=O) groups excluding carboxylic acids is 2. The summed E-state index contributed by atoms with van der Waals surface area (Å²) in [6.07, 6.45) is 0. The molecule has 0 saturated carbocycles. The molecule has 2 rings (SSSR count). The highest BCUT2D eigenvalue weighted by Crippen LogP contribution is 2.22. The molecule has 1 aliphatic rings. The lowest BCUT2D eigenvalue weighted by Crippen LogP contribution is -2.32. The molecule has 0 aromatic carbocycles. The van der Waals surface area contributed by atoms with Crippen LogP contribution in [0.25, 0.3) is 0 Å². The van der Waals surface area contributed by atoms with Crippen LogP contribution in [0.15, 0.2) is 5.16 Å². The minimum atomic E-state index is -0.338. The maximum atomic E-state index is 11.4. The van der Waals surface area contributed by atoms with Crippen LogP contribution in [0.2, 0.25) is 0 Å². The predicted molar refractivity (Wildman–Crippen MR) is 70.7 cm³/mol. The molecular weight excluding hydrogens is 268 g/mol. The molecule has 1 fully saturated rings. The van der Waals surface area contributed by atoms with Gasteiger partial charge in [0.2, 0.25) is 11.9 Å². The van der Waals surface area contributed by atoms with E-state index in [9.17, 15) is 9.59 Å². The summed E-state index contributed by atoms with van der Waals surface area (Å²) in [5.74, 6) is 0.729. The number of nitrogens with zero attached hydrogens (tertiary/aromatic N) is 4. The molecule has 3 N–H and O–H groups in total. The zero-order valence-corrected chi connectivity index (χ0v) is 11.6. The van der Waals surface area contributed by atoms with Crippen LogP contribution in [0.5, 0.6) is 0 Å². The molecule has 1 aromatic rings. The Morgan fingerprint density at radius 3 is 2.74 bits per heavy atom. The van der Waals surface area contributed by atoms with Crippen LogP contribution in [0.1, 0.15) is 19.9 Å². The van der Waals surface area contributed by atoms with E-state index in [1.807, 2.05) is 18.4 Å². The van der Waals surface area contributed by atoms with Crippen molar-refractivity contribution in [3.63, 3.8) is 0 Å². The van der Waals surface area contributed by atoms with Gasteiger partial charge < -0.3 is 11.1 Å². The zero-order chi connectivity index (χ0) is 14.0. The lowest BCUT2D eigenvalue weighted by Gasteiger charge is -2.13. The summed E-state index contributed by atoms with van der Waals surface area (Å²) in [4.78, 5) is 23.9. The molecule has 1 aliphatic heterocycles. The SMILES string of the molecule is CC(C)n1c(N)nnc1SCCN1C(=O)CNC1=O. The summed E-state index contributed by atoms with van der Waals surface area (Å²) < 4.78 is 1.82. The third-order valence-electron chi connectivity index (χ3n) is 2.69. The van der Waals surface area contributed by atoms with Crippen LogP contribution >= 0.6 is 11.8 Å². The van der Waals surface area contributed by atoms with Crippen LogP contribution in [0.3, 0.4) is 0 Å². The molecule has 0 radical (unpaired) electrons. The van der Waals surface area contributed by atoms with Crippen LogP contribution in [-0.4, -0.2) is 50.4 Å². The van der Waals surface area contributed by atoms with Gasteiger partial charge in [-0.05, 0) is 13.8 Å². The molecule has 3 amide bonds. The van der Waals surface area contributed by atoms with Crippen molar-refractivity contribution in [3.8, 4) is 0 Å². The smallest absolute Gasteiger partial charge is 0.324 e. The van der Waals surface area contributed by atoms with Crippen molar-refractivity contribution < 1.29 is 9.59 Å². The fourth-order valence-electron chi connectivity index (χ4n) is 1.78. The van der Waals surface area contributed by atoms with Crippen molar-refractivity contribution >= 4 is 29.6 Å². The minimum absolute atomic E-state index is 0.0820. The van der Waals surface area contributed by atoms with Crippen molar-refractivity contribution in [2.75, 3.05) is 24.6 Å². The number of imide groups is 1. The first-order chi connectivity index (χ1) is 9.00. The minimum Gasteiger partial charge on any atom is -0.368 e. The zero-order valence-electron chi connectivity index (χ0n) is 10.8. The van der Waals surface area contributed by atoms with E-state index in [4.69, 9.17) is 5.73 Å². The van der Waals surface area contributed by atoms with Gasteiger partial charge in [-0.25, -0.2) is 4.79 Å². The molecule has 0 bridgehead atoms. The van der Waals surface area contributed by atoms with E-state index in [0.29, 0.717) is 23.4 Å². The van der Waals surface area contributed by atoms with Crippen LogP contribution in [0, 0.1) is 0 Å². The Balaban J connectivity index is 1.93. The molecule has 0 aliphatic carbocycles. The average Bonchev–Trinajstić information content (AvgIpc) is 2.86. The fraction of sp³-hybridized carbons (Fsp3) is 0.600. The highest BCUT2D eigenvalue weighted by atomic mass is 32.2. The summed E-state index contributed by atoms with van der Waals surface area (Å²) in [6, 6.07) is -0.176. The molecule has 2 heterocycles. The topological polar surface area (TPSA) is 106 Å².